The van der Waals surface area contributed by atoms with E-state index in [-0.39, 0.29) is 23.5 Å². The van der Waals surface area contributed by atoms with E-state index < -0.39 is 22.7 Å². The molecule has 0 heterocycles. The normalized spacial score (nSPS) is 48.1. The Hall–Kier alpha value is -0.710. The lowest BCUT2D eigenvalue weighted by molar-refractivity contribution is -0.223. The standard InChI is InChI=1S/C27H44O4/c1-17(2)7-6-8-18(3)20-9-10-21-22-15-23(29)27(31)16-19(28)11-12-25(27,5)26(22,30)14-13-24(20,21)4/h15,17-21,28,30-31H,6-14,16H2,1-5H3. The smallest absolute Gasteiger partial charge is 0.188 e. The summed E-state index contributed by atoms with van der Waals surface area (Å²) in [7, 11) is 0. The number of fused-ring (bicyclic) bond motifs is 5. The Morgan fingerprint density at radius 2 is 1.71 bits per heavy atom. The second kappa shape index (κ2) is 7.67. The molecule has 4 nitrogen and oxygen atoms in total. The van der Waals surface area contributed by atoms with E-state index in [1.165, 1.54) is 19.3 Å². The Morgan fingerprint density at radius 1 is 1.00 bits per heavy atom. The first-order valence-electron chi connectivity index (χ1n) is 12.8. The van der Waals surface area contributed by atoms with E-state index in [4.69, 9.17) is 0 Å². The van der Waals surface area contributed by atoms with Gasteiger partial charge in [-0.15, -0.1) is 0 Å². The molecule has 4 aliphatic carbocycles. The lowest BCUT2D eigenvalue weighted by Crippen LogP contribution is -2.71. The molecule has 0 radical (unpaired) electrons. The maximum Gasteiger partial charge on any atom is 0.188 e. The van der Waals surface area contributed by atoms with Gasteiger partial charge in [0.15, 0.2) is 5.78 Å². The zero-order valence-corrected chi connectivity index (χ0v) is 20.3. The number of hydrogen-bond acceptors (Lipinski definition) is 4. The molecule has 3 N–H and O–H groups in total. The molecule has 0 aliphatic heterocycles. The first-order valence-corrected chi connectivity index (χ1v) is 12.8. The Bertz CT molecular complexity index is 758. The van der Waals surface area contributed by atoms with Crippen molar-refractivity contribution in [1.82, 2.24) is 0 Å². The first-order chi connectivity index (χ1) is 14.4. The van der Waals surface area contributed by atoms with Gasteiger partial charge in [-0.2, -0.15) is 0 Å². The van der Waals surface area contributed by atoms with Gasteiger partial charge >= 0.3 is 0 Å². The average Bonchev–Trinajstić information content (AvgIpc) is 3.03. The molecule has 0 spiro atoms. The van der Waals surface area contributed by atoms with Gasteiger partial charge in [0.25, 0.3) is 0 Å². The number of carbonyl (C=O) groups is 1. The van der Waals surface area contributed by atoms with E-state index in [2.05, 4.69) is 27.7 Å². The van der Waals surface area contributed by atoms with Gasteiger partial charge in [-0.25, -0.2) is 0 Å². The molecule has 0 aromatic carbocycles. The maximum absolute atomic E-state index is 13.3. The molecule has 176 valence electrons. The van der Waals surface area contributed by atoms with Gasteiger partial charge in [-0.1, -0.05) is 53.9 Å². The Morgan fingerprint density at radius 3 is 2.39 bits per heavy atom. The van der Waals surface area contributed by atoms with E-state index in [9.17, 15) is 20.1 Å². The summed E-state index contributed by atoms with van der Waals surface area (Å²) in [5.74, 6) is 1.92. The summed E-state index contributed by atoms with van der Waals surface area (Å²) in [6.45, 7) is 11.3. The van der Waals surface area contributed by atoms with Crippen LogP contribution in [0.1, 0.15) is 98.8 Å². The van der Waals surface area contributed by atoms with Crippen molar-refractivity contribution in [2.45, 2.75) is 116 Å². The van der Waals surface area contributed by atoms with Gasteiger partial charge in [-0.05, 0) is 79.3 Å². The Balaban J connectivity index is 1.64. The van der Waals surface area contributed by atoms with Crippen LogP contribution in [0.4, 0.5) is 0 Å². The van der Waals surface area contributed by atoms with Gasteiger partial charge < -0.3 is 15.3 Å². The van der Waals surface area contributed by atoms with E-state index in [1.54, 1.807) is 6.08 Å². The monoisotopic (exact) mass is 432 g/mol. The highest BCUT2D eigenvalue weighted by Crippen LogP contribution is 2.68. The van der Waals surface area contributed by atoms with Crippen LogP contribution in [0.25, 0.3) is 0 Å². The zero-order valence-electron chi connectivity index (χ0n) is 20.3. The number of ketones is 1. The molecule has 3 fully saturated rings. The third kappa shape index (κ3) is 3.22. The first kappa shape index (κ1) is 23.4. The van der Waals surface area contributed by atoms with Crippen LogP contribution >= 0.6 is 0 Å². The van der Waals surface area contributed by atoms with Crippen LogP contribution in [-0.2, 0) is 4.79 Å². The SMILES string of the molecule is CC(C)CCCC(C)C1CCC2C3=CC(=O)C4(O)CC(O)CCC4(C)C3(O)CCC21C. The van der Waals surface area contributed by atoms with Crippen molar-refractivity contribution in [1.29, 1.82) is 0 Å². The van der Waals surface area contributed by atoms with Crippen molar-refractivity contribution in [2.24, 2.45) is 34.5 Å². The molecule has 4 rings (SSSR count). The summed E-state index contributed by atoms with van der Waals surface area (Å²) in [5, 5.41) is 33.8. The molecule has 0 aromatic rings. The van der Waals surface area contributed by atoms with Gasteiger partial charge in [0.1, 0.15) is 5.60 Å². The van der Waals surface area contributed by atoms with Crippen LogP contribution in [0.5, 0.6) is 0 Å². The highest BCUT2D eigenvalue weighted by atomic mass is 16.3. The lowest BCUT2D eigenvalue weighted by atomic mass is 9.43. The topological polar surface area (TPSA) is 77.8 Å². The van der Waals surface area contributed by atoms with Crippen molar-refractivity contribution < 1.29 is 20.1 Å². The Kier molecular flexibility index (Phi) is 5.80. The predicted molar refractivity (Wildman–Crippen MR) is 122 cm³/mol. The third-order valence-corrected chi connectivity index (χ3v) is 10.4. The molecule has 0 amide bonds. The van der Waals surface area contributed by atoms with Crippen LogP contribution in [0.2, 0.25) is 0 Å². The average molecular weight is 433 g/mol. The third-order valence-electron chi connectivity index (χ3n) is 10.4. The molecule has 8 atom stereocenters. The molecule has 0 bridgehead atoms. The molecule has 3 saturated carbocycles. The van der Waals surface area contributed by atoms with Crippen molar-refractivity contribution in [3.05, 3.63) is 11.6 Å². The number of rotatable bonds is 5. The minimum Gasteiger partial charge on any atom is -0.393 e. The number of carbonyl (C=O) groups excluding carboxylic acids is 1. The summed E-state index contributed by atoms with van der Waals surface area (Å²) in [6, 6.07) is 0. The molecular formula is C27H44O4. The fourth-order valence-corrected chi connectivity index (χ4v) is 8.33. The summed E-state index contributed by atoms with van der Waals surface area (Å²) in [6.07, 6.45) is 9.48. The molecule has 4 heteroatoms. The van der Waals surface area contributed by atoms with Crippen LogP contribution in [-0.4, -0.2) is 38.4 Å². The fraction of sp³-hybridized carbons (Fsp3) is 0.889. The highest BCUT2D eigenvalue weighted by molar-refractivity contribution is 6.00. The largest absolute Gasteiger partial charge is 0.393 e. The van der Waals surface area contributed by atoms with Gasteiger partial charge in [0, 0.05) is 11.8 Å². The van der Waals surface area contributed by atoms with Crippen molar-refractivity contribution >= 4 is 5.78 Å². The molecule has 4 aliphatic rings. The van der Waals surface area contributed by atoms with Crippen molar-refractivity contribution in [2.75, 3.05) is 0 Å². The van der Waals surface area contributed by atoms with Crippen LogP contribution in [0.15, 0.2) is 11.6 Å². The second-order valence-electron chi connectivity index (χ2n) is 12.5. The zero-order chi connectivity index (χ0) is 22.8. The lowest BCUT2D eigenvalue weighted by Gasteiger charge is -2.63. The highest BCUT2D eigenvalue weighted by Gasteiger charge is 2.71. The predicted octanol–water partition coefficient (Wildman–Crippen LogP) is 4.80. The minimum absolute atomic E-state index is 0.0336. The van der Waals surface area contributed by atoms with Crippen molar-refractivity contribution in [3.63, 3.8) is 0 Å². The maximum atomic E-state index is 13.3. The minimum atomic E-state index is -1.67. The summed E-state index contributed by atoms with van der Waals surface area (Å²) in [5.41, 5.74) is -2.75. The Labute approximate surface area is 188 Å². The molecule has 0 aromatic heterocycles. The van der Waals surface area contributed by atoms with Gasteiger partial charge in [-0.3, -0.25) is 4.79 Å². The van der Waals surface area contributed by atoms with Crippen molar-refractivity contribution in [3.8, 4) is 0 Å². The summed E-state index contributed by atoms with van der Waals surface area (Å²) < 4.78 is 0. The summed E-state index contributed by atoms with van der Waals surface area (Å²) in [4.78, 5) is 13.3. The van der Waals surface area contributed by atoms with E-state index in [1.807, 2.05) is 6.92 Å². The molecule has 0 saturated heterocycles. The molecule has 8 unspecified atom stereocenters. The summed E-state index contributed by atoms with van der Waals surface area (Å²) >= 11 is 0. The second-order valence-corrected chi connectivity index (χ2v) is 12.5. The molecular weight excluding hydrogens is 388 g/mol. The number of aliphatic hydroxyl groups excluding tert-OH is 1. The quantitative estimate of drug-likeness (QED) is 0.583. The van der Waals surface area contributed by atoms with Gasteiger partial charge in [0.2, 0.25) is 0 Å². The van der Waals surface area contributed by atoms with E-state index >= 15 is 0 Å². The fourth-order valence-electron chi connectivity index (χ4n) is 8.33. The van der Waals surface area contributed by atoms with Crippen LogP contribution in [0.3, 0.4) is 0 Å². The van der Waals surface area contributed by atoms with E-state index in [0.717, 1.165) is 30.8 Å². The molecule has 31 heavy (non-hydrogen) atoms. The number of hydrogen-bond donors (Lipinski definition) is 3. The van der Waals surface area contributed by atoms with E-state index in [0.29, 0.717) is 31.1 Å². The van der Waals surface area contributed by atoms with Crippen LogP contribution < -0.4 is 0 Å². The number of aliphatic hydroxyl groups is 3. The van der Waals surface area contributed by atoms with Gasteiger partial charge in [0.05, 0.1) is 11.7 Å². The van der Waals surface area contributed by atoms with Crippen LogP contribution in [0, 0.1) is 34.5 Å².